The Morgan fingerprint density at radius 1 is 1.39 bits per heavy atom. The van der Waals surface area contributed by atoms with Crippen LogP contribution in [0.1, 0.15) is 30.7 Å². The number of rotatable bonds is 7. The van der Waals surface area contributed by atoms with E-state index in [1.165, 1.54) is 34.0 Å². The Balaban J connectivity index is 1.59. The third-order valence-electron chi connectivity index (χ3n) is 5.41. The fourth-order valence-electron chi connectivity index (χ4n) is 3.47. The number of nitrogens with one attached hydrogen (secondary N) is 1. The van der Waals surface area contributed by atoms with Crippen LogP contribution >= 0.6 is 34.9 Å². The predicted octanol–water partition coefficient (Wildman–Crippen LogP) is 5.39. The number of ether oxygens (including phenoxy) is 2. The monoisotopic (exact) mass is 475 g/mol. The fourth-order valence-corrected chi connectivity index (χ4v) is 5.98. The van der Waals surface area contributed by atoms with Crippen LogP contribution in [0.4, 0.5) is 5.69 Å². The summed E-state index contributed by atoms with van der Waals surface area (Å²) in [7, 11) is 1.61. The number of anilines is 1. The number of benzene rings is 1. The van der Waals surface area contributed by atoms with Gasteiger partial charge >= 0.3 is 0 Å². The average Bonchev–Trinajstić information content (AvgIpc) is 3.14. The van der Waals surface area contributed by atoms with E-state index in [1.807, 2.05) is 24.5 Å². The van der Waals surface area contributed by atoms with Gasteiger partial charge in [0.25, 0.3) is 0 Å². The van der Waals surface area contributed by atoms with Gasteiger partial charge in [0, 0.05) is 28.4 Å². The number of aromatic nitrogens is 2. The molecule has 9 heteroatoms. The van der Waals surface area contributed by atoms with Crippen LogP contribution in [0.5, 0.6) is 5.75 Å². The minimum absolute atomic E-state index is 0.0819. The number of hydrogen-bond acceptors (Lipinski definition) is 8. The second-order valence-corrected chi connectivity index (χ2v) is 10.4. The summed E-state index contributed by atoms with van der Waals surface area (Å²) in [5, 5.41) is 5.61. The molecule has 0 radical (unpaired) electrons. The maximum Gasteiger partial charge on any atom is 0.234 e. The van der Waals surface area contributed by atoms with Gasteiger partial charge < -0.3 is 14.8 Å². The fraction of sp³-hybridized carbons (Fsp3) is 0.409. The second kappa shape index (κ2) is 9.36. The molecule has 31 heavy (non-hydrogen) atoms. The SMILES string of the molecule is CC[C@@]1(C)Cc2c(sc3nc(SC)nc(SCC(=O)Nc4cccc(OC)c4)c23)CO1. The van der Waals surface area contributed by atoms with Crippen molar-refractivity contribution < 1.29 is 14.3 Å². The number of carbonyl (C=O) groups is 1. The van der Waals surface area contributed by atoms with Crippen molar-refractivity contribution in [3.05, 3.63) is 34.7 Å². The van der Waals surface area contributed by atoms with E-state index in [2.05, 4.69) is 19.2 Å². The van der Waals surface area contributed by atoms with Crippen molar-refractivity contribution >= 4 is 56.7 Å². The van der Waals surface area contributed by atoms with Crippen molar-refractivity contribution in [1.29, 1.82) is 0 Å². The number of methoxy groups -OCH3 is 1. The molecule has 1 N–H and O–H groups in total. The molecule has 3 heterocycles. The lowest BCUT2D eigenvalue weighted by Gasteiger charge is -2.33. The number of nitrogens with zero attached hydrogens (tertiary/aromatic N) is 2. The van der Waals surface area contributed by atoms with Crippen molar-refractivity contribution in [1.82, 2.24) is 9.97 Å². The van der Waals surface area contributed by atoms with Crippen LogP contribution in [-0.4, -0.2) is 40.6 Å². The van der Waals surface area contributed by atoms with Crippen LogP contribution in [0.2, 0.25) is 0 Å². The summed E-state index contributed by atoms with van der Waals surface area (Å²) >= 11 is 4.65. The van der Waals surface area contributed by atoms with Gasteiger partial charge in [-0.05, 0) is 37.3 Å². The average molecular weight is 476 g/mol. The minimum atomic E-state index is -0.176. The highest BCUT2D eigenvalue weighted by molar-refractivity contribution is 8.00. The Morgan fingerprint density at radius 2 is 2.23 bits per heavy atom. The zero-order chi connectivity index (χ0) is 22.0. The number of fused-ring (bicyclic) bond motifs is 3. The molecule has 164 valence electrons. The molecular weight excluding hydrogens is 450 g/mol. The maximum absolute atomic E-state index is 12.6. The molecule has 1 aromatic carbocycles. The van der Waals surface area contributed by atoms with Crippen LogP contribution in [-0.2, 0) is 22.6 Å². The zero-order valence-electron chi connectivity index (χ0n) is 18.0. The van der Waals surface area contributed by atoms with E-state index in [0.717, 1.165) is 33.2 Å². The number of amides is 1. The first-order valence-electron chi connectivity index (χ1n) is 10.0. The first-order valence-corrected chi connectivity index (χ1v) is 13.0. The van der Waals surface area contributed by atoms with Crippen LogP contribution in [0.3, 0.4) is 0 Å². The largest absolute Gasteiger partial charge is 0.497 e. The summed E-state index contributed by atoms with van der Waals surface area (Å²) in [6.07, 6.45) is 3.75. The molecule has 6 nitrogen and oxygen atoms in total. The molecule has 1 aliphatic rings. The van der Waals surface area contributed by atoms with Gasteiger partial charge in [-0.15, -0.1) is 11.3 Å². The Bertz CT molecular complexity index is 1120. The minimum Gasteiger partial charge on any atom is -0.497 e. The highest BCUT2D eigenvalue weighted by Crippen LogP contribution is 2.43. The molecular formula is C22H25N3O3S3. The molecule has 4 rings (SSSR count). The van der Waals surface area contributed by atoms with Crippen LogP contribution in [0.25, 0.3) is 10.2 Å². The van der Waals surface area contributed by atoms with Gasteiger partial charge in [-0.1, -0.05) is 36.5 Å². The van der Waals surface area contributed by atoms with Crippen molar-refractivity contribution in [3.63, 3.8) is 0 Å². The summed E-state index contributed by atoms with van der Waals surface area (Å²) in [5.74, 6) is 0.892. The van der Waals surface area contributed by atoms with Gasteiger partial charge in [0.1, 0.15) is 15.6 Å². The van der Waals surface area contributed by atoms with Crippen LogP contribution in [0, 0.1) is 0 Å². The second-order valence-electron chi connectivity index (χ2n) is 7.54. The number of thioether (sulfide) groups is 2. The van der Waals surface area contributed by atoms with Crippen molar-refractivity contribution in [2.24, 2.45) is 0 Å². The standard InChI is InChI=1S/C22H25N3O3S3/c1-5-22(2)10-15-16(11-28-22)31-20-18(15)19(24-21(25-20)29-4)30-12-17(26)23-13-7-6-8-14(9-13)27-3/h6-9H,5,10-12H2,1-4H3,(H,23,26)/t22-/m0/s1. The lowest BCUT2D eigenvalue weighted by atomic mass is 9.90. The molecule has 1 amide bonds. The number of thiophene rings is 1. The van der Waals surface area contributed by atoms with E-state index in [4.69, 9.17) is 19.4 Å². The van der Waals surface area contributed by atoms with Gasteiger partial charge in [0.15, 0.2) is 5.16 Å². The van der Waals surface area contributed by atoms with Crippen LogP contribution in [0.15, 0.2) is 34.4 Å². The Labute approximate surface area is 194 Å². The summed E-state index contributed by atoms with van der Waals surface area (Å²) < 4.78 is 11.4. The molecule has 3 aromatic rings. The molecule has 1 atom stereocenters. The van der Waals surface area contributed by atoms with E-state index in [-0.39, 0.29) is 17.3 Å². The van der Waals surface area contributed by atoms with E-state index in [9.17, 15) is 4.79 Å². The first-order chi connectivity index (χ1) is 14.9. The Morgan fingerprint density at radius 3 is 2.97 bits per heavy atom. The van der Waals surface area contributed by atoms with Gasteiger partial charge in [-0.2, -0.15) is 0 Å². The van der Waals surface area contributed by atoms with Crippen molar-refractivity contribution in [3.8, 4) is 5.75 Å². The van der Waals surface area contributed by atoms with Crippen molar-refractivity contribution in [2.45, 2.75) is 49.1 Å². The molecule has 0 fully saturated rings. The van der Waals surface area contributed by atoms with E-state index in [1.54, 1.807) is 24.5 Å². The summed E-state index contributed by atoms with van der Waals surface area (Å²) in [4.78, 5) is 24.3. The molecule has 0 saturated carbocycles. The Hall–Kier alpha value is -1.81. The molecule has 0 bridgehead atoms. The molecule has 0 saturated heterocycles. The van der Waals surface area contributed by atoms with Crippen molar-refractivity contribution in [2.75, 3.05) is 24.4 Å². The Kier molecular flexibility index (Phi) is 6.76. The topological polar surface area (TPSA) is 73.3 Å². The third kappa shape index (κ3) is 4.84. The summed E-state index contributed by atoms with van der Waals surface area (Å²) in [6, 6.07) is 7.35. The quantitative estimate of drug-likeness (QED) is 0.279. The highest BCUT2D eigenvalue weighted by Gasteiger charge is 2.33. The summed E-state index contributed by atoms with van der Waals surface area (Å²) in [6.45, 7) is 4.92. The van der Waals surface area contributed by atoms with Crippen LogP contribution < -0.4 is 10.1 Å². The van der Waals surface area contributed by atoms with Gasteiger partial charge in [0.05, 0.1) is 25.1 Å². The smallest absolute Gasteiger partial charge is 0.234 e. The molecule has 1 aliphatic heterocycles. The van der Waals surface area contributed by atoms with Gasteiger partial charge in [0.2, 0.25) is 5.91 Å². The van der Waals surface area contributed by atoms with E-state index >= 15 is 0 Å². The summed E-state index contributed by atoms with van der Waals surface area (Å²) in [5.41, 5.74) is 1.82. The lowest BCUT2D eigenvalue weighted by Crippen LogP contribution is -2.33. The van der Waals surface area contributed by atoms with E-state index in [0.29, 0.717) is 18.0 Å². The van der Waals surface area contributed by atoms with Gasteiger partial charge in [-0.3, -0.25) is 4.79 Å². The van der Waals surface area contributed by atoms with Gasteiger partial charge in [-0.25, -0.2) is 9.97 Å². The maximum atomic E-state index is 12.6. The number of carbonyl (C=O) groups excluding carboxylic acids is 1. The highest BCUT2D eigenvalue weighted by atomic mass is 32.2. The zero-order valence-corrected chi connectivity index (χ0v) is 20.4. The lowest BCUT2D eigenvalue weighted by molar-refractivity contribution is -0.113. The molecule has 0 spiro atoms. The molecule has 2 aromatic heterocycles. The first kappa shape index (κ1) is 22.4. The normalized spacial score (nSPS) is 18.1. The predicted molar refractivity (Wildman–Crippen MR) is 129 cm³/mol. The number of hydrogen-bond donors (Lipinski definition) is 1. The third-order valence-corrected chi connectivity index (χ3v) is 8.03. The van der Waals surface area contributed by atoms with E-state index < -0.39 is 0 Å². The molecule has 0 aliphatic carbocycles. The molecule has 0 unspecified atom stereocenters.